The molecule has 1 aromatic carbocycles. The van der Waals surface area contributed by atoms with Crippen molar-refractivity contribution in [2.75, 3.05) is 0 Å². The largest absolute Gasteiger partial charge is 0.477 e. The lowest BCUT2D eigenvalue weighted by Gasteiger charge is -2.09. The van der Waals surface area contributed by atoms with E-state index in [0.29, 0.717) is 12.4 Å². The summed E-state index contributed by atoms with van der Waals surface area (Å²) < 4.78 is 3.46. The Morgan fingerprint density at radius 2 is 1.80 bits per heavy atom. The topological polar surface area (TPSA) is 60.0 Å². The normalized spacial score (nSPS) is 10.6. The lowest BCUT2D eigenvalue weighted by Crippen LogP contribution is -2.10. The third-order valence-electron chi connectivity index (χ3n) is 3.07. The summed E-state index contributed by atoms with van der Waals surface area (Å²) in [7, 11) is 0. The first-order valence-corrected chi connectivity index (χ1v) is 6.22. The van der Waals surface area contributed by atoms with E-state index in [9.17, 15) is 9.90 Å². The Labute approximate surface area is 115 Å². The lowest BCUT2D eigenvalue weighted by atomic mass is 10.2. The highest BCUT2D eigenvalue weighted by atomic mass is 16.4. The molecule has 5 heteroatoms. The number of carboxylic acid groups (broad SMARTS) is 1. The molecule has 2 aromatic heterocycles. The van der Waals surface area contributed by atoms with Crippen LogP contribution in [-0.2, 0) is 6.54 Å². The summed E-state index contributed by atoms with van der Waals surface area (Å²) in [5, 5.41) is 13.5. The third-order valence-corrected chi connectivity index (χ3v) is 3.07. The molecular weight excluding hydrogens is 254 g/mol. The molecular formula is C15H13N3O2. The van der Waals surface area contributed by atoms with Gasteiger partial charge in [-0.2, -0.15) is 5.10 Å². The fourth-order valence-electron chi connectivity index (χ4n) is 2.15. The molecule has 0 saturated heterocycles. The van der Waals surface area contributed by atoms with Gasteiger partial charge in [0.1, 0.15) is 11.4 Å². The van der Waals surface area contributed by atoms with Gasteiger partial charge in [0.2, 0.25) is 0 Å². The van der Waals surface area contributed by atoms with Gasteiger partial charge in [-0.1, -0.05) is 30.3 Å². The minimum Gasteiger partial charge on any atom is -0.477 e. The summed E-state index contributed by atoms with van der Waals surface area (Å²) in [5.41, 5.74) is 1.26. The average molecular weight is 267 g/mol. The Kier molecular flexibility index (Phi) is 3.09. The number of hydrogen-bond acceptors (Lipinski definition) is 2. The van der Waals surface area contributed by atoms with Crippen molar-refractivity contribution in [3.8, 4) is 5.82 Å². The number of rotatable bonds is 4. The van der Waals surface area contributed by atoms with Crippen LogP contribution in [-0.4, -0.2) is 25.4 Å². The van der Waals surface area contributed by atoms with Gasteiger partial charge < -0.3 is 9.67 Å². The molecule has 0 aliphatic rings. The number of carbonyl (C=O) groups is 1. The van der Waals surface area contributed by atoms with E-state index in [-0.39, 0.29) is 5.56 Å². The zero-order valence-electron chi connectivity index (χ0n) is 10.7. The summed E-state index contributed by atoms with van der Waals surface area (Å²) in [6.07, 6.45) is 5.01. The van der Waals surface area contributed by atoms with Crippen LogP contribution in [0, 0.1) is 0 Å². The van der Waals surface area contributed by atoms with Crippen molar-refractivity contribution in [2.24, 2.45) is 0 Å². The van der Waals surface area contributed by atoms with E-state index >= 15 is 0 Å². The number of nitrogens with zero attached hydrogens (tertiary/aromatic N) is 3. The standard InChI is InChI=1S/C15H13N3O2/c19-15(20)13-10-16-18(11-12-6-2-1-3-7-12)14(13)17-8-4-5-9-17/h1-10H,11H2,(H,19,20). The van der Waals surface area contributed by atoms with E-state index in [1.54, 1.807) is 9.25 Å². The Balaban J connectivity index is 2.06. The van der Waals surface area contributed by atoms with Crippen molar-refractivity contribution in [1.82, 2.24) is 14.3 Å². The number of carboxylic acids is 1. The summed E-state index contributed by atoms with van der Waals surface area (Å²) >= 11 is 0. The van der Waals surface area contributed by atoms with Gasteiger partial charge in [0.15, 0.2) is 0 Å². The number of aromatic nitrogens is 3. The van der Waals surface area contributed by atoms with Crippen molar-refractivity contribution in [3.63, 3.8) is 0 Å². The molecule has 3 aromatic rings. The molecule has 0 aliphatic carbocycles. The molecule has 0 spiro atoms. The zero-order valence-corrected chi connectivity index (χ0v) is 10.7. The van der Waals surface area contributed by atoms with Gasteiger partial charge in [0.05, 0.1) is 12.7 Å². The molecule has 1 N–H and O–H groups in total. The van der Waals surface area contributed by atoms with Gasteiger partial charge in [-0.3, -0.25) is 0 Å². The van der Waals surface area contributed by atoms with Crippen molar-refractivity contribution in [3.05, 3.63) is 72.2 Å². The Morgan fingerprint density at radius 1 is 1.10 bits per heavy atom. The fraction of sp³-hybridized carbons (Fsp3) is 0.0667. The highest BCUT2D eigenvalue weighted by Gasteiger charge is 2.17. The number of aromatic carboxylic acids is 1. The minimum atomic E-state index is -0.979. The van der Waals surface area contributed by atoms with Gasteiger partial charge in [0, 0.05) is 12.4 Å². The Bertz CT molecular complexity index is 715. The highest BCUT2D eigenvalue weighted by Crippen LogP contribution is 2.16. The zero-order chi connectivity index (χ0) is 13.9. The first kappa shape index (κ1) is 12.2. The second kappa shape index (κ2) is 5.05. The van der Waals surface area contributed by atoms with Crippen molar-refractivity contribution in [1.29, 1.82) is 0 Å². The van der Waals surface area contributed by atoms with Crippen LogP contribution in [0.4, 0.5) is 0 Å². The third kappa shape index (κ3) is 2.21. The summed E-state index contributed by atoms with van der Waals surface area (Å²) in [5.74, 6) is -0.417. The molecule has 0 atom stereocenters. The maximum atomic E-state index is 11.3. The predicted molar refractivity (Wildman–Crippen MR) is 74.1 cm³/mol. The van der Waals surface area contributed by atoms with Gasteiger partial charge in [0.25, 0.3) is 0 Å². The van der Waals surface area contributed by atoms with Crippen LogP contribution in [0.2, 0.25) is 0 Å². The van der Waals surface area contributed by atoms with E-state index in [2.05, 4.69) is 5.10 Å². The molecule has 2 heterocycles. The van der Waals surface area contributed by atoms with Gasteiger partial charge in [-0.15, -0.1) is 0 Å². The monoisotopic (exact) mass is 267 g/mol. The van der Waals surface area contributed by atoms with Crippen molar-refractivity contribution >= 4 is 5.97 Å². The maximum Gasteiger partial charge on any atom is 0.341 e. The Hall–Kier alpha value is -2.82. The molecule has 0 amide bonds. The van der Waals surface area contributed by atoms with Crippen LogP contribution in [0.1, 0.15) is 15.9 Å². The molecule has 100 valence electrons. The number of hydrogen-bond donors (Lipinski definition) is 1. The molecule has 5 nitrogen and oxygen atoms in total. The summed E-state index contributed by atoms with van der Waals surface area (Å²) in [4.78, 5) is 11.3. The quantitative estimate of drug-likeness (QED) is 0.789. The smallest absolute Gasteiger partial charge is 0.341 e. The summed E-state index contributed by atoms with van der Waals surface area (Å²) in [6.45, 7) is 0.529. The van der Waals surface area contributed by atoms with Crippen LogP contribution in [0.25, 0.3) is 5.82 Å². The molecule has 0 radical (unpaired) electrons. The van der Waals surface area contributed by atoms with E-state index < -0.39 is 5.97 Å². The second-order valence-electron chi connectivity index (χ2n) is 4.42. The highest BCUT2D eigenvalue weighted by molar-refractivity contribution is 5.91. The second-order valence-corrected chi connectivity index (χ2v) is 4.42. The van der Waals surface area contributed by atoms with Gasteiger partial charge >= 0.3 is 5.97 Å². The van der Waals surface area contributed by atoms with E-state index in [1.807, 2.05) is 54.9 Å². The maximum absolute atomic E-state index is 11.3. The van der Waals surface area contributed by atoms with E-state index in [1.165, 1.54) is 6.20 Å². The summed E-state index contributed by atoms with van der Waals surface area (Å²) in [6, 6.07) is 13.5. The molecule has 0 saturated carbocycles. The molecule has 3 rings (SSSR count). The van der Waals surface area contributed by atoms with Crippen molar-refractivity contribution in [2.45, 2.75) is 6.54 Å². The molecule has 20 heavy (non-hydrogen) atoms. The SMILES string of the molecule is O=C(O)c1cnn(Cc2ccccc2)c1-n1cccc1. The van der Waals surface area contributed by atoms with Crippen molar-refractivity contribution < 1.29 is 9.90 Å². The van der Waals surface area contributed by atoms with Crippen LogP contribution >= 0.6 is 0 Å². The fourth-order valence-corrected chi connectivity index (χ4v) is 2.15. The van der Waals surface area contributed by atoms with Crippen LogP contribution in [0.5, 0.6) is 0 Å². The molecule has 0 fully saturated rings. The molecule has 0 bridgehead atoms. The minimum absolute atomic E-state index is 0.192. The lowest BCUT2D eigenvalue weighted by molar-refractivity contribution is 0.0697. The molecule has 0 unspecified atom stereocenters. The van der Waals surface area contributed by atoms with Crippen LogP contribution < -0.4 is 0 Å². The molecule has 0 aliphatic heterocycles. The van der Waals surface area contributed by atoms with Crippen LogP contribution in [0.15, 0.2) is 61.1 Å². The van der Waals surface area contributed by atoms with Gasteiger partial charge in [-0.05, 0) is 17.7 Å². The van der Waals surface area contributed by atoms with E-state index in [0.717, 1.165) is 5.56 Å². The average Bonchev–Trinajstić information content (AvgIpc) is 3.08. The number of benzene rings is 1. The first-order valence-electron chi connectivity index (χ1n) is 6.22. The first-order chi connectivity index (χ1) is 9.75. The predicted octanol–water partition coefficient (Wildman–Crippen LogP) is 2.42. The van der Waals surface area contributed by atoms with E-state index in [4.69, 9.17) is 0 Å². The van der Waals surface area contributed by atoms with Gasteiger partial charge in [-0.25, -0.2) is 9.48 Å². The van der Waals surface area contributed by atoms with Crippen LogP contribution in [0.3, 0.4) is 0 Å². The Morgan fingerprint density at radius 3 is 2.45 bits per heavy atom.